The van der Waals surface area contributed by atoms with E-state index in [1.165, 1.54) is 18.6 Å². The predicted molar refractivity (Wildman–Crippen MR) is 91.4 cm³/mol. The van der Waals surface area contributed by atoms with Crippen molar-refractivity contribution in [1.29, 1.82) is 0 Å². The molecule has 0 aromatic heterocycles. The van der Waals surface area contributed by atoms with Crippen LogP contribution in [0.3, 0.4) is 0 Å². The lowest BCUT2D eigenvalue weighted by Gasteiger charge is -2.14. The Kier molecular flexibility index (Phi) is 7.29. The van der Waals surface area contributed by atoms with E-state index in [9.17, 15) is 0 Å². The summed E-state index contributed by atoms with van der Waals surface area (Å²) < 4.78 is 5.66. The summed E-state index contributed by atoms with van der Waals surface area (Å²) in [4.78, 5) is 4.25. The minimum atomic E-state index is 0.715. The summed E-state index contributed by atoms with van der Waals surface area (Å²) in [5.41, 5.74) is 0. The smallest absolute Gasteiger partial charge is 0.191 e. The normalized spacial score (nSPS) is 18.5. The molecule has 0 spiro atoms. The van der Waals surface area contributed by atoms with Gasteiger partial charge < -0.3 is 15.4 Å². The van der Waals surface area contributed by atoms with Gasteiger partial charge in [-0.15, -0.1) is 0 Å². The number of nitrogens with zero attached hydrogens (tertiary/aromatic N) is 1. The second-order valence-electron chi connectivity index (χ2n) is 5.03. The Labute approximate surface area is 131 Å². The van der Waals surface area contributed by atoms with Crippen LogP contribution in [0, 0.1) is 0 Å². The lowest BCUT2D eigenvalue weighted by Crippen LogP contribution is -2.40. The first-order valence-corrected chi connectivity index (χ1v) is 8.67. The fourth-order valence-electron chi connectivity index (χ4n) is 2.22. The Morgan fingerprint density at radius 3 is 2.90 bits per heavy atom. The van der Waals surface area contributed by atoms with Gasteiger partial charge in [0.25, 0.3) is 0 Å². The van der Waals surface area contributed by atoms with Crippen LogP contribution >= 0.6 is 11.8 Å². The highest BCUT2D eigenvalue weighted by atomic mass is 32.2. The summed E-state index contributed by atoms with van der Waals surface area (Å²) in [5, 5.41) is 7.47. The summed E-state index contributed by atoms with van der Waals surface area (Å²) in [5.74, 6) is 3.12. The monoisotopic (exact) mass is 307 g/mol. The van der Waals surface area contributed by atoms with Crippen LogP contribution in [0.15, 0.2) is 35.3 Å². The van der Waals surface area contributed by atoms with Gasteiger partial charge in [-0.2, -0.15) is 11.8 Å². The van der Waals surface area contributed by atoms with Gasteiger partial charge in [-0.05, 0) is 37.1 Å². The molecule has 0 amide bonds. The molecule has 4 nitrogen and oxygen atoms in total. The molecule has 1 atom stereocenters. The van der Waals surface area contributed by atoms with Crippen molar-refractivity contribution in [2.45, 2.75) is 24.5 Å². The number of nitrogens with one attached hydrogen (secondary N) is 2. The van der Waals surface area contributed by atoms with Crippen molar-refractivity contribution in [2.75, 3.05) is 32.5 Å². The summed E-state index contributed by atoms with van der Waals surface area (Å²) in [6, 6.07) is 9.92. The fraction of sp³-hybridized carbons (Fsp3) is 0.562. The Bertz CT molecular complexity index is 419. The van der Waals surface area contributed by atoms with Gasteiger partial charge in [0.05, 0.1) is 6.61 Å². The minimum Gasteiger partial charge on any atom is -0.494 e. The third-order valence-electron chi connectivity index (χ3n) is 3.37. The molecule has 1 aliphatic heterocycles. The van der Waals surface area contributed by atoms with E-state index in [4.69, 9.17) is 4.74 Å². The van der Waals surface area contributed by atoms with E-state index in [0.29, 0.717) is 6.61 Å². The molecule has 0 aliphatic carbocycles. The predicted octanol–water partition coefficient (Wildman–Crippen LogP) is 2.52. The first-order chi connectivity index (χ1) is 10.4. The van der Waals surface area contributed by atoms with Crippen molar-refractivity contribution in [3.8, 4) is 5.75 Å². The number of benzene rings is 1. The van der Waals surface area contributed by atoms with Crippen LogP contribution in [-0.4, -0.2) is 43.7 Å². The molecule has 2 rings (SSSR count). The van der Waals surface area contributed by atoms with Gasteiger partial charge >= 0.3 is 0 Å². The van der Waals surface area contributed by atoms with Crippen molar-refractivity contribution in [3.63, 3.8) is 0 Å². The molecule has 1 heterocycles. The standard InChI is InChI=1S/C16H25N3OS/c1-17-16(19-13-15-9-5-12-21-15)18-10-6-11-20-14-7-3-2-4-8-14/h2-4,7-8,15H,5-6,9-13H2,1H3,(H2,17,18,19). The van der Waals surface area contributed by atoms with E-state index in [1.807, 2.05) is 37.4 Å². The Morgan fingerprint density at radius 2 is 2.19 bits per heavy atom. The Hall–Kier alpha value is -1.36. The molecule has 1 aromatic rings. The molecule has 5 heteroatoms. The number of thioether (sulfide) groups is 1. The molecule has 1 unspecified atom stereocenters. The molecule has 1 fully saturated rings. The maximum atomic E-state index is 5.66. The first kappa shape index (κ1) is 16.0. The van der Waals surface area contributed by atoms with Crippen molar-refractivity contribution in [3.05, 3.63) is 30.3 Å². The molecule has 2 N–H and O–H groups in total. The van der Waals surface area contributed by atoms with Crippen LogP contribution in [0.5, 0.6) is 5.75 Å². The molecular weight excluding hydrogens is 282 g/mol. The number of rotatable bonds is 7. The Morgan fingerprint density at radius 1 is 1.33 bits per heavy atom. The third-order valence-corrected chi connectivity index (χ3v) is 4.77. The third kappa shape index (κ3) is 6.29. The van der Waals surface area contributed by atoms with Crippen LogP contribution in [0.4, 0.5) is 0 Å². The molecular formula is C16H25N3OS. The van der Waals surface area contributed by atoms with E-state index in [0.717, 1.165) is 36.5 Å². The average Bonchev–Trinajstić information content (AvgIpc) is 3.04. The SMILES string of the molecule is CN=C(NCCCOc1ccccc1)NCC1CCCS1. The van der Waals surface area contributed by atoms with Crippen LogP contribution in [0.1, 0.15) is 19.3 Å². The summed E-state index contributed by atoms with van der Waals surface area (Å²) >= 11 is 2.06. The van der Waals surface area contributed by atoms with Crippen LogP contribution in [-0.2, 0) is 0 Å². The van der Waals surface area contributed by atoms with Gasteiger partial charge in [0, 0.05) is 25.4 Å². The Balaban J connectivity index is 1.54. The van der Waals surface area contributed by atoms with Crippen LogP contribution in [0.25, 0.3) is 0 Å². The lowest BCUT2D eigenvalue weighted by atomic mass is 10.2. The summed E-state index contributed by atoms with van der Waals surface area (Å²) in [6.45, 7) is 2.58. The molecule has 1 aliphatic rings. The maximum Gasteiger partial charge on any atom is 0.191 e. The number of aliphatic imine (C=N–C) groups is 1. The number of guanidine groups is 1. The molecule has 1 aromatic carbocycles. The number of hydrogen-bond donors (Lipinski definition) is 2. The largest absolute Gasteiger partial charge is 0.494 e. The maximum absolute atomic E-state index is 5.66. The van der Waals surface area contributed by atoms with Gasteiger partial charge in [-0.25, -0.2) is 0 Å². The van der Waals surface area contributed by atoms with Gasteiger partial charge in [0.2, 0.25) is 0 Å². The summed E-state index contributed by atoms with van der Waals surface area (Å²) in [6.07, 6.45) is 3.62. The molecule has 21 heavy (non-hydrogen) atoms. The zero-order valence-corrected chi connectivity index (χ0v) is 13.5. The minimum absolute atomic E-state index is 0.715. The molecule has 0 radical (unpaired) electrons. The van der Waals surface area contributed by atoms with Crippen LogP contribution in [0.2, 0.25) is 0 Å². The molecule has 1 saturated heterocycles. The van der Waals surface area contributed by atoms with Gasteiger partial charge in [0.15, 0.2) is 5.96 Å². The van der Waals surface area contributed by atoms with E-state index < -0.39 is 0 Å². The van der Waals surface area contributed by atoms with E-state index in [2.05, 4.69) is 27.4 Å². The number of para-hydroxylation sites is 1. The topological polar surface area (TPSA) is 45.7 Å². The van der Waals surface area contributed by atoms with Crippen molar-refractivity contribution < 1.29 is 4.74 Å². The van der Waals surface area contributed by atoms with Crippen molar-refractivity contribution >= 4 is 17.7 Å². The van der Waals surface area contributed by atoms with Gasteiger partial charge in [-0.3, -0.25) is 4.99 Å². The zero-order chi connectivity index (χ0) is 14.8. The fourth-order valence-corrected chi connectivity index (χ4v) is 3.42. The van der Waals surface area contributed by atoms with E-state index in [1.54, 1.807) is 0 Å². The zero-order valence-electron chi connectivity index (χ0n) is 12.7. The number of hydrogen-bond acceptors (Lipinski definition) is 3. The van der Waals surface area contributed by atoms with E-state index >= 15 is 0 Å². The van der Waals surface area contributed by atoms with Crippen molar-refractivity contribution in [2.24, 2.45) is 4.99 Å². The summed E-state index contributed by atoms with van der Waals surface area (Å²) in [7, 11) is 1.82. The van der Waals surface area contributed by atoms with Gasteiger partial charge in [0.1, 0.15) is 5.75 Å². The second kappa shape index (κ2) is 9.55. The molecule has 116 valence electrons. The van der Waals surface area contributed by atoms with Gasteiger partial charge in [-0.1, -0.05) is 18.2 Å². The molecule has 0 saturated carbocycles. The van der Waals surface area contributed by atoms with Crippen molar-refractivity contribution in [1.82, 2.24) is 10.6 Å². The number of ether oxygens (including phenoxy) is 1. The highest BCUT2D eigenvalue weighted by Crippen LogP contribution is 2.25. The van der Waals surface area contributed by atoms with Crippen LogP contribution < -0.4 is 15.4 Å². The highest BCUT2D eigenvalue weighted by molar-refractivity contribution is 8.00. The first-order valence-electron chi connectivity index (χ1n) is 7.62. The van der Waals surface area contributed by atoms with E-state index in [-0.39, 0.29) is 0 Å². The lowest BCUT2D eigenvalue weighted by molar-refractivity contribution is 0.311. The second-order valence-corrected chi connectivity index (χ2v) is 6.44. The average molecular weight is 307 g/mol. The highest BCUT2D eigenvalue weighted by Gasteiger charge is 2.15. The quantitative estimate of drug-likeness (QED) is 0.462. The molecule has 0 bridgehead atoms.